The molecule has 7 heteroatoms. The summed E-state index contributed by atoms with van der Waals surface area (Å²) in [5.74, 6) is -0.198. The number of carbonyl (C=O) groups is 1. The number of rotatable bonds is 5. The summed E-state index contributed by atoms with van der Waals surface area (Å²) < 4.78 is 34.4. The van der Waals surface area contributed by atoms with Crippen LogP contribution in [0, 0.1) is 23.2 Å². The Kier molecular flexibility index (Phi) is 5.41. The normalized spacial score (nSPS) is 35.8. The van der Waals surface area contributed by atoms with Gasteiger partial charge in [0.15, 0.2) is 4.80 Å². The van der Waals surface area contributed by atoms with Gasteiger partial charge < -0.3 is 9.30 Å². The monoisotopic (exact) mass is 438 g/mol. The number of nitrogens with zero attached hydrogens (tertiary/aromatic N) is 2. The lowest BCUT2D eigenvalue weighted by atomic mass is 9.49. The highest BCUT2D eigenvalue weighted by molar-refractivity contribution is 7.09. The zero-order chi connectivity index (χ0) is 20.9. The topological polar surface area (TPSA) is 43.6 Å². The first-order chi connectivity index (χ1) is 14.4. The van der Waals surface area contributed by atoms with Crippen LogP contribution in [0.5, 0.6) is 0 Å². The maximum atomic E-state index is 13.6. The van der Waals surface area contributed by atoms with E-state index in [1.54, 1.807) is 7.11 Å². The summed E-state index contributed by atoms with van der Waals surface area (Å²) in [6.45, 7) is 1.17. The zero-order valence-corrected chi connectivity index (χ0v) is 18.6. The van der Waals surface area contributed by atoms with Gasteiger partial charge in [-0.25, -0.2) is 8.78 Å². The second kappa shape index (κ2) is 7.80. The Labute approximate surface area is 180 Å². The number of halogens is 2. The molecule has 4 bridgehead atoms. The SMILES string of the molecule is COCCn1cc(C2CCC(F)(F)CC2)s/c1=N\C(=O)C12CC3CC(CC(C3)C1)C2. The van der Waals surface area contributed by atoms with Crippen molar-refractivity contribution in [2.45, 2.75) is 82.6 Å². The van der Waals surface area contributed by atoms with Crippen molar-refractivity contribution in [1.82, 2.24) is 4.57 Å². The zero-order valence-electron chi connectivity index (χ0n) is 17.7. The number of methoxy groups -OCH3 is 1. The molecule has 0 spiro atoms. The third-order valence-electron chi connectivity index (χ3n) is 8.08. The Bertz CT molecular complexity index is 830. The van der Waals surface area contributed by atoms with E-state index in [9.17, 15) is 13.6 Å². The summed E-state index contributed by atoms with van der Waals surface area (Å²) in [6.07, 6.45) is 9.87. The van der Waals surface area contributed by atoms with E-state index in [0.29, 0.717) is 43.7 Å². The number of hydrogen-bond acceptors (Lipinski definition) is 3. The smallest absolute Gasteiger partial charge is 0.254 e. The van der Waals surface area contributed by atoms with Crippen LogP contribution in [0.1, 0.15) is 75.0 Å². The Balaban J connectivity index is 1.42. The van der Waals surface area contributed by atoms with Crippen LogP contribution in [-0.2, 0) is 16.1 Å². The van der Waals surface area contributed by atoms with Crippen LogP contribution in [0.2, 0.25) is 0 Å². The number of carbonyl (C=O) groups excluding carboxylic acids is 1. The van der Waals surface area contributed by atoms with E-state index >= 15 is 0 Å². The highest BCUT2D eigenvalue weighted by Crippen LogP contribution is 2.60. The summed E-state index contributed by atoms with van der Waals surface area (Å²) in [4.78, 5) is 19.9. The molecule has 0 aromatic carbocycles. The van der Waals surface area contributed by atoms with Gasteiger partial charge in [0.25, 0.3) is 5.91 Å². The van der Waals surface area contributed by atoms with E-state index < -0.39 is 5.92 Å². The first kappa shape index (κ1) is 20.8. The fourth-order valence-electron chi connectivity index (χ4n) is 6.93. The number of ether oxygens (including phenoxy) is 1. The Morgan fingerprint density at radius 1 is 1.17 bits per heavy atom. The van der Waals surface area contributed by atoms with Gasteiger partial charge in [0, 0.05) is 37.6 Å². The molecule has 4 nitrogen and oxygen atoms in total. The van der Waals surface area contributed by atoms with Crippen molar-refractivity contribution in [3.05, 3.63) is 15.9 Å². The molecule has 0 atom stereocenters. The first-order valence-corrected chi connectivity index (χ1v) is 12.3. The van der Waals surface area contributed by atoms with Crippen LogP contribution in [0.15, 0.2) is 11.2 Å². The molecule has 1 aromatic rings. The van der Waals surface area contributed by atoms with Crippen molar-refractivity contribution in [2.75, 3.05) is 13.7 Å². The van der Waals surface area contributed by atoms with Crippen LogP contribution in [0.25, 0.3) is 0 Å². The van der Waals surface area contributed by atoms with Crippen molar-refractivity contribution in [2.24, 2.45) is 28.2 Å². The van der Waals surface area contributed by atoms with Gasteiger partial charge in [0.05, 0.1) is 12.0 Å². The molecule has 30 heavy (non-hydrogen) atoms. The molecule has 1 heterocycles. The molecule has 0 unspecified atom stereocenters. The summed E-state index contributed by atoms with van der Waals surface area (Å²) in [6, 6.07) is 0. The minimum absolute atomic E-state index is 0.0493. The second-order valence-electron chi connectivity index (χ2n) is 10.3. The lowest BCUT2D eigenvalue weighted by molar-refractivity contribution is -0.142. The highest BCUT2D eigenvalue weighted by Gasteiger charge is 2.54. The van der Waals surface area contributed by atoms with Gasteiger partial charge in [-0.05, 0) is 75.0 Å². The van der Waals surface area contributed by atoms with E-state index in [2.05, 4.69) is 4.99 Å². The average molecular weight is 439 g/mol. The summed E-state index contributed by atoms with van der Waals surface area (Å²) >= 11 is 1.52. The number of alkyl halides is 2. The molecule has 0 N–H and O–H groups in total. The third-order valence-corrected chi connectivity index (χ3v) is 9.27. The van der Waals surface area contributed by atoms with Crippen molar-refractivity contribution in [3.8, 4) is 0 Å². The molecular formula is C23H32F2N2O2S. The fraction of sp³-hybridized carbons (Fsp3) is 0.826. The van der Waals surface area contributed by atoms with Crippen molar-refractivity contribution in [1.29, 1.82) is 0 Å². The molecule has 6 rings (SSSR count). The molecule has 5 aliphatic rings. The largest absolute Gasteiger partial charge is 0.383 e. The summed E-state index contributed by atoms with van der Waals surface area (Å²) in [5, 5.41) is 0. The molecule has 5 fully saturated rings. The number of thiazole rings is 1. The Hall–Kier alpha value is -1.08. The molecule has 0 saturated heterocycles. The molecule has 166 valence electrons. The minimum atomic E-state index is -2.53. The minimum Gasteiger partial charge on any atom is -0.383 e. The molecule has 5 saturated carbocycles. The van der Waals surface area contributed by atoms with Gasteiger partial charge in [-0.2, -0.15) is 4.99 Å². The van der Waals surface area contributed by atoms with Gasteiger partial charge in [-0.3, -0.25) is 4.79 Å². The number of amides is 1. The lowest BCUT2D eigenvalue weighted by Gasteiger charge is -2.55. The van der Waals surface area contributed by atoms with Crippen LogP contribution in [-0.4, -0.2) is 30.1 Å². The molecular weight excluding hydrogens is 406 g/mol. The summed E-state index contributed by atoms with van der Waals surface area (Å²) in [5.41, 5.74) is -0.245. The number of hydrogen-bond donors (Lipinski definition) is 0. The van der Waals surface area contributed by atoms with Crippen LogP contribution in [0.4, 0.5) is 8.78 Å². The van der Waals surface area contributed by atoms with E-state index in [-0.39, 0.29) is 30.1 Å². The van der Waals surface area contributed by atoms with Gasteiger partial charge in [0.2, 0.25) is 5.92 Å². The van der Waals surface area contributed by atoms with E-state index in [1.807, 2.05) is 10.8 Å². The highest BCUT2D eigenvalue weighted by atomic mass is 32.1. The van der Waals surface area contributed by atoms with E-state index in [1.165, 1.54) is 30.6 Å². The van der Waals surface area contributed by atoms with Crippen molar-refractivity contribution in [3.63, 3.8) is 0 Å². The van der Waals surface area contributed by atoms with Crippen molar-refractivity contribution < 1.29 is 18.3 Å². The van der Waals surface area contributed by atoms with Crippen LogP contribution < -0.4 is 4.80 Å². The Morgan fingerprint density at radius 2 is 1.77 bits per heavy atom. The first-order valence-electron chi connectivity index (χ1n) is 11.5. The standard InChI is InChI=1S/C23H32F2N2O2S/c1-29-7-6-27-14-19(18-2-4-23(24,25)5-3-18)30-21(27)26-20(28)22-11-15-8-16(12-22)10-17(9-15)13-22/h14-18H,2-13H2,1H3/b26-21-. The van der Waals surface area contributed by atoms with Gasteiger partial charge in [-0.1, -0.05) is 0 Å². The average Bonchev–Trinajstić information content (AvgIpc) is 3.07. The van der Waals surface area contributed by atoms with Crippen molar-refractivity contribution >= 4 is 17.2 Å². The third kappa shape index (κ3) is 3.92. The lowest BCUT2D eigenvalue weighted by Crippen LogP contribution is -2.50. The van der Waals surface area contributed by atoms with Gasteiger partial charge in [0.1, 0.15) is 0 Å². The summed E-state index contributed by atoms with van der Waals surface area (Å²) in [7, 11) is 1.66. The maximum absolute atomic E-state index is 13.6. The fourth-order valence-corrected chi connectivity index (χ4v) is 8.11. The predicted octanol–water partition coefficient (Wildman–Crippen LogP) is 5.13. The molecule has 0 aliphatic heterocycles. The maximum Gasteiger partial charge on any atom is 0.254 e. The van der Waals surface area contributed by atoms with Crippen LogP contribution in [0.3, 0.4) is 0 Å². The van der Waals surface area contributed by atoms with Crippen LogP contribution >= 0.6 is 11.3 Å². The molecule has 1 aromatic heterocycles. The predicted molar refractivity (Wildman–Crippen MR) is 112 cm³/mol. The Morgan fingerprint density at radius 3 is 2.33 bits per heavy atom. The van der Waals surface area contributed by atoms with E-state index in [4.69, 9.17) is 4.74 Å². The van der Waals surface area contributed by atoms with Gasteiger partial charge >= 0.3 is 0 Å². The van der Waals surface area contributed by atoms with Gasteiger partial charge in [-0.15, -0.1) is 11.3 Å². The van der Waals surface area contributed by atoms with E-state index in [0.717, 1.165) is 28.9 Å². The molecule has 5 aliphatic carbocycles. The molecule has 0 radical (unpaired) electrons. The number of aromatic nitrogens is 1. The molecule has 1 amide bonds. The second-order valence-corrected chi connectivity index (χ2v) is 11.4. The quantitative estimate of drug-likeness (QED) is 0.639.